The summed E-state index contributed by atoms with van der Waals surface area (Å²) >= 11 is 0. The van der Waals surface area contributed by atoms with Gasteiger partial charge in [-0.1, -0.05) is 31.2 Å². The van der Waals surface area contributed by atoms with Gasteiger partial charge in [0, 0.05) is 6.54 Å². The highest BCUT2D eigenvalue weighted by molar-refractivity contribution is 5.70. The van der Waals surface area contributed by atoms with Gasteiger partial charge in [-0.05, 0) is 31.1 Å². The SMILES string of the molecule is CCCN(C)Cc1ccccc1CC(=O)O. The molecule has 1 aromatic rings. The monoisotopic (exact) mass is 221 g/mol. The van der Waals surface area contributed by atoms with Crippen molar-refractivity contribution in [2.24, 2.45) is 0 Å². The summed E-state index contributed by atoms with van der Waals surface area (Å²) in [6, 6.07) is 7.75. The van der Waals surface area contributed by atoms with Gasteiger partial charge >= 0.3 is 5.97 Å². The van der Waals surface area contributed by atoms with E-state index in [0.29, 0.717) is 0 Å². The number of aliphatic carboxylic acids is 1. The quantitative estimate of drug-likeness (QED) is 0.800. The number of hydrogen-bond acceptors (Lipinski definition) is 2. The van der Waals surface area contributed by atoms with Crippen LogP contribution < -0.4 is 0 Å². The standard InChI is InChI=1S/C13H19NO2/c1-3-8-14(2)10-12-7-5-4-6-11(12)9-13(15)16/h4-7H,3,8-10H2,1-2H3,(H,15,16). The van der Waals surface area contributed by atoms with Gasteiger partial charge < -0.3 is 10.0 Å². The molecule has 0 unspecified atom stereocenters. The van der Waals surface area contributed by atoms with Crippen molar-refractivity contribution in [3.05, 3.63) is 35.4 Å². The molecule has 0 atom stereocenters. The van der Waals surface area contributed by atoms with E-state index >= 15 is 0 Å². The second kappa shape index (κ2) is 6.28. The normalized spacial score (nSPS) is 10.7. The van der Waals surface area contributed by atoms with E-state index in [9.17, 15) is 4.79 Å². The maximum Gasteiger partial charge on any atom is 0.307 e. The van der Waals surface area contributed by atoms with Crippen LogP contribution in [0, 0.1) is 0 Å². The molecular formula is C13H19NO2. The molecule has 0 aliphatic rings. The van der Waals surface area contributed by atoms with E-state index in [0.717, 1.165) is 30.6 Å². The molecule has 0 amide bonds. The highest BCUT2D eigenvalue weighted by atomic mass is 16.4. The third-order valence-electron chi connectivity index (χ3n) is 2.51. The van der Waals surface area contributed by atoms with Crippen molar-refractivity contribution >= 4 is 5.97 Å². The number of carboxylic acid groups (broad SMARTS) is 1. The number of hydrogen-bond donors (Lipinski definition) is 1. The first-order chi connectivity index (χ1) is 7.63. The van der Waals surface area contributed by atoms with Gasteiger partial charge in [-0.2, -0.15) is 0 Å². The molecule has 1 rings (SSSR count). The van der Waals surface area contributed by atoms with Gasteiger partial charge in [0.2, 0.25) is 0 Å². The lowest BCUT2D eigenvalue weighted by Crippen LogP contribution is -2.19. The molecule has 16 heavy (non-hydrogen) atoms. The van der Waals surface area contributed by atoms with E-state index in [1.165, 1.54) is 0 Å². The molecule has 0 bridgehead atoms. The van der Waals surface area contributed by atoms with Crippen LogP contribution in [0.4, 0.5) is 0 Å². The Bertz CT molecular complexity index is 350. The maximum atomic E-state index is 10.7. The zero-order valence-corrected chi connectivity index (χ0v) is 9.94. The maximum absolute atomic E-state index is 10.7. The predicted molar refractivity (Wildman–Crippen MR) is 64.4 cm³/mol. The van der Waals surface area contributed by atoms with Gasteiger partial charge in [0.25, 0.3) is 0 Å². The summed E-state index contributed by atoms with van der Waals surface area (Å²) in [6.07, 6.45) is 1.22. The summed E-state index contributed by atoms with van der Waals surface area (Å²) in [5.74, 6) is -0.773. The Balaban J connectivity index is 2.74. The fourth-order valence-electron chi connectivity index (χ4n) is 1.80. The van der Waals surface area contributed by atoms with Crippen molar-refractivity contribution < 1.29 is 9.90 Å². The minimum Gasteiger partial charge on any atom is -0.481 e. The largest absolute Gasteiger partial charge is 0.481 e. The lowest BCUT2D eigenvalue weighted by molar-refractivity contribution is -0.136. The van der Waals surface area contributed by atoms with Gasteiger partial charge in [0.1, 0.15) is 0 Å². The van der Waals surface area contributed by atoms with Crippen LogP contribution in [0.15, 0.2) is 24.3 Å². The van der Waals surface area contributed by atoms with Gasteiger partial charge in [0.15, 0.2) is 0 Å². The number of carboxylic acids is 1. The Hall–Kier alpha value is -1.35. The van der Waals surface area contributed by atoms with Crippen LogP contribution in [0.3, 0.4) is 0 Å². The molecule has 0 aliphatic carbocycles. The van der Waals surface area contributed by atoms with E-state index in [2.05, 4.69) is 18.9 Å². The lowest BCUT2D eigenvalue weighted by Gasteiger charge is -2.17. The van der Waals surface area contributed by atoms with Crippen molar-refractivity contribution in [1.29, 1.82) is 0 Å². The fraction of sp³-hybridized carbons (Fsp3) is 0.462. The van der Waals surface area contributed by atoms with Gasteiger partial charge in [-0.3, -0.25) is 4.79 Å². The average Bonchev–Trinajstić information content (AvgIpc) is 2.20. The molecule has 0 saturated heterocycles. The van der Waals surface area contributed by atoms with Crippen LogP contribution in [-0.4, -0.2) is 29.6 Å². The van der Waals surface area contributed by atoms with E-state index in [-0.39, 0.29) is 6.42 Å². The van der Waals surface area contributed by atoms with Gasteiger partial charge in [-0.15, -0.1) is 0 Å². The molecule has 0 fully saturated rings. The first kappa shape index (κ1) is 12.7. The number of carbonyl (C=O) groups is 1. The molecule has 0 aliphatic heterocycles. The van der Waals surface area contributed by atoms with E-state index in [4.69, 9.17) is 5.11 Å². The molecule has 0 spiro atoms. The van der Waals surface area contributed by atoms with Crippen molar-refractivity contribution in [2.45, 2.75) is 26.3 Å². The molecule has 1 aromatic carbocycles. The van der Waals surface area contributed by atoms with E-state index < -0.39 is 5.97 Å². The summed E-state index contributed by atoms with van der Waals surface area (Å²) in [4.78, 5) is 12.9. The number of nitrogens with zero attached hydrogens (tertiary/aromatic N) is 1. The summed E-state index contributed by atoms with van der Waals surface area (Å²) in [7, 11) is 2.06. The second-order valence-electron chi connectivity index (χ2n) is 4.08. The molecule has 0 heterocycles. The Morgan fingerprint density at radius 1 is 1.31 bits per heavy atom. The van der Waals surface area contributed by atoms with Crippen LogP contribution in [0.1, 0.15) is 24.5 Å². The van der Waals surface area contributed by atoms with Crippen molar-refractivity contribution in [2.75, 3.05) is 13.6 Å². The third kappa shape index (κ3) is 4.03. The molecule has 0 aromatic heterocycles. The highest BCUT2D eigenvalue weighted by Gasteiger charge is 2.07. The summed E-state index contributed by atoms with van der Waals surface area (Å²) in [5.41, 5.74) is 2.03. The Morgan fingerprint density at radius 3 is 2.50 bits per heavy atom. The topological polar surface area (TPSA) is 40.5 Å². The van der Waals surface area contributed by atoms with Crippen LogP contribution in [0.25, 0.3) is 0 Å². The zero-order valence-electron chi connectivity index (χ0n) is 9.94. The van der Waals surface area contributed by atoms with E-state index in [1.54, 1.807) is 0 Å². The van der Waals surface area contributed by atoms with Crippen LogP contribution in [0.5, 0.6) is 0 Å². The minimum absolute atomic E-state index is 0.107. The van der Waals surface area contributed by atoms with Gasteiger partial charge in [0.05, 0.1) is 6.42 Å². The zero-order chi connectivity index (χ0) is 12.0. The number of benzene rings is 1. The lowest BCUT2D eigenvalue weighted by atomic mass is 10.0. The molecule has 88 valence electrons. The van der Waals surface area contributed by atoms with Crippen LogP contribution in [-0.2, 0) is 17.8 Å². The van der Waals surface area contributed by atoms with E-state index in [1.807, 2.05) is 24.3 Å². The van der Waals surface area contributed by atoms with Crippen molar-refractivity contribution in [3.63, 3.8) is 0 Å². The van der Waals surface area contributed by atoms with Crippen molar-refractivity contribution in [3.8, 4) is 0 Å². The molecule has 0 saturated carbocycles. The van der Waals surface area contributed by atoms with Crippen LogP contribution in [0.2, 0.25) is 0 Å². The molecule has 3 heteroatoms. The molecule has 1 N–H and O–H groups in total. The van der Waals surface area contributed by atoms with Crippen molar-refractivity contribution in [1.82, 2.24) is 4.90 Å². The third-order valence-corrected chi connectivity index (χ3v) is 2.51. The first-order valence-electron chi connectivity index (χ1n) is 5.60. The summed E-state index contributed by atoms with van der Waals surface area (Å²) < 4.78 is 0. The molecule has 0 radical (unpaired) electrons. The Kier molecular flexibility index (Phi) is 4.99. The smallest absolute Gasteiger partial charge is 0.307 e. The fourth-order valence-corrected chi connectivity index (χ4v) is 1.80. The highest BCUT2D eigenvalue weighted by Crippen LogP contribution is 2.12. The molecule has 3 nitrogen and oxygen atoms in total. The molecular weight excluding hydrogens is 202 g/mol. The van der Waals surface area contributed by atoms with Gasteiger partial charge in [-0.25, -0.2) is 0 Å². The predicted octanol–water partition coefficient (Wildman–Crippen LogP) is 2.16. The average molecular weight is 221 g/mol. The Morgan fingerprint density at radius 2 is 1.94 bits per heavy atom. The number of rotatable bonds is 6. The summed E-state index contributed by atoms with van der Waals surface area (Å²) in [5, 5.41) is 8.82. The first-order valence-corrected chi connectivity index (χ1v) is 5.60. The van der Waals surface area contributed by atoms with Crippen LogP contribution >= 0.6 is 0 Å². The summed E-state index contributed by atoms with van der Waals surface area (Å²) in [6.45, 7) is 3.98. The minimum atomic E-state index is -0.773. The Labute approximate surface area is 96.7 Å². The second-order valence-corrected chi connectivity index (χ2v) is 4.08.